The fourth-order valence-corrected chi connectivity index (χ4v) is 0.930. The topological polar surface area (TPSA) is 54.9 Å². The number of nitrogens with zero attached hydrogens (tertiary/aromatic N) is 2. The Morgan fingerprint density at radius 1 is 1.36 bits per heavy atom. The average molecular weight is 192 g/mol. The van der Waals surface area contributed by atoms with Crippen molar-refractivity contribution in [3.8, 4) is 0 Å². The summed E-state index contributed by atoms with van der Waals surface area (Å²) in [6, 6.07) is 1.37. The summed E-state index contributed by atoms with van der Waals surface area (Å²) in [7, 11) is 0. The molecule has 0 unspecified atom stereocenters. The fourth-order valence-electron chi connectivity index (χ4n) is 0.507. The van der Waals surface area contributed by atoms with Gasteiger partial charge in [-0.3, -0.25) is 10.1 Å². The molecule has 6 heteroatoms. The average Bonchev–Trinajstić information content (AvgIpc) is 1.85. The quantitative estimate of drug-likeness (QED) is 0.568. The number of rotatable bonds is 2. The van der Waals surface area contributed by atoms with Gasteiger partial charge in [0.2, 0.25) is 12.4 Å². The van der Waals surface area contributed by atoms with Crippen molar-refractivity contribution in [3.63, 3.8) is 0 Å². The van der Waals surface area contributed by atoms with E-state index in [0.717, 1.165) is 0 Å². The van der Waals surface area contributed by atoms with Gasteiger partial charge in [-0.2, -0.15) is 0 Å². The Hall–Kier alpha value is -0.870. The van der Waals surface area contributed by atoms with Gasteiger partial charge in [0.05, 0.1) is 0 Å². The number of carbonyl (C=O) groups is 1. The minimum absolute atomic E-state index is 0.0949. The first kappa shape index (κ1) is 8.23. The van der Waals surface area contributed by atoms with E-state index >= 15 is 0 Å². The van der Waals surface area contributed by atoms with Gasteiger partial charge in [-0.25, -0.2) is 9.97 Å². The van der Waals surface area contributed by atoms with Crippen LogP contribution in [0.1, 0.15) is 0 Å². The maximum atomic E-state index is 9.92. The first-order valence-corrected chi connectivity index (χ1v) is 3.38. The van der Waals surface area contributed by atoms with Crippen molar-refractivity contribution in [2.45, 2.75) is 0 Å². The van der Waals surface area contributed by atoms with Gasteiger partial charge in [-0.15, -0.1) is 0 Å². The van der Waals surface area contributed by atoms with E-state index in [4.69, 9.17) is 23.2 Å². The standard InChI is InChI=1S/C5H3Cl2N3O/c6-3-1-4(7)10-5(9-3)8-2-11/h1-2H,(H,8,9,10,11). The molecular weight excluding hydrogens is 189 g/mol. The summed E-state index contributed by atoms with van der Waals surface area (Å²) < 4.78 is 0. The molecule has 0 aliphatic rings. The van der Waals surface area contributed by atoms with Gasteiger partial charge in [-0.1, -0.05) is 23.2 Å². The van der Waals surface area contributed by atoms with Crippen LogP contribution in [-0.2, 0) is 4.79 Å². The van der Waals surface area contributed by atoms with Gasteiger partial charge in [-0.05, 0) is 0 Å². The third kappa shape index (κ3) is 2.32. The minimum Gasteiger partial charge on any atom is -0.297 e. The molecule has 0 fully saturated rings. The number of halogens is 2. The molecule has 4 nitrogen and oxygen atoms in total. The van der Waals surface area contributed by atoms with Crippen molar-refractivity contribution in [1.82, 2.24) is 9.97 Å². The predicted octanol–water partition coefficient (Wildman–Crippen LogP) is 1.35. The van der Waals surface area contributed by atoms with Gasteiger partial charge in [0.25, 0.3) is 0 Å². The van der Waals surface area contributed by atoms with Crippen molar-refractivity contribution in [2.75, 3.05) is 5.32 Å². The summed E-state index contributed by atoms with van der Waals surface area (Å²) in [4.78, 5) is 17.2. The lowest BCUT2D eigenvalue weighted by Crippen LogP contribution is -1.99. The molecule has 0 saturated carbocycles. The molecule has 0 aromatic carbocycles. The molecule has 0 bridgehead atoms. The molecule has 0 saturated heterocycles. The summed E-state index contributed by atoms with van der Waals surface area (Å²) in [5, 5.41) is 2.60. The SMILES string of the molecule is O=CNc1nc(Cl)cc(Cl)n1. The summed E-state index contributed by atoms with van der Waals surface area (Å²) >= 11 is 11.0. The number of nitrogens with one attached hydrogen (secondary N) is 1. The molecule has 1 N–H and O–H groups in total. The zero-order chi connectivity index (χ0) is 8.27. The van der Waals surface area contributed by atoms with Crippen molar-refractivity contribution in [3.05, 3.63) is 16.4 Å². The molecule has 0 spiro atoms. The van der Waals surface area contributed by atoms with E-state index in [1.807, 2.05) is 0 Å². The molecule has 1 heterocycles. The molecule has 1 aromatic rings. The first-order valence-electron chi connectivity index (χ1n) is 2.62. The molecule has 0 atom stereocenters. The van der Waals surface area contributed by atoms with Crippen molar-refractivity contribution in [1.29, 1.82) is 0 Å². The third-order valence-electron chi connectivity index (χ3n) is 0.852. The molecule has 1 aromatic heterocycles. The van der Waals surface area contributed by atoms with Gasteiger partial charge in [0, 0.05) is 6.07 Å². The number of hydrogen-bond donors (Lipinski definition) is 1. The Labute approximate surface area is 72.6 Å². The van der Waals surface area contributed by atoms with Crippen LogP contribution in [0.2, 0.25) is 10.3 Å². The van der Waals surface area contributed by atoms with Crippen LogP contribution in [0.5, 0.6) is 0 Å². The zero-order valence-corrected chi connectivity index (χ0v) is 6.73. The Bertz CT molecular complexity index is 258. The molecule has 1 rings (SSSR count). The Morgan fingerprint density at radius 3 is 2.36 bits per heavy atom. The first-order chi connectivity index (χ1) is 5.22. The highest BCUT2D eigenvalue weighted by Gasteiger charge is 1.98. The summed E-state index contributed by atoms with van der Waals surface area (Å²) in [6.45, 7) is 0. The maximum Gasteiger partial charge on any atom is 0.232 e. The maximum absolute atomic E-state index is 9.92. The summed E-state index contributed by atoms with van der Waals surface area (Å²) in [5.74, 6) is 0.0949. The Morgan fingerprint density at radius 2 is 1.91 bits per heavy atom. The number of anilines is 1. The van der Waals surface area contributed by atoms with E-state index in [2.05, 4.69) is 15.3 Å². The van der Waals surface area contributed by atoms with Crippen LogP contribution in [0.25, 0.3) is 0 Å². The molecule has 0 aliphatic carbocycles. The normalized spacial score (nSPS) is 9.27. The lowest BCUT2D eigenvalue weighted by molar-refractivity contribution is -0.105. The number of carbonyl (C=O) groups excluding carboxylic acids is 1. The van der Waals surface area contributed by atoms with Gasteiger partial charge >= 0.3 is 0 Å². The lowest BCUT2D eigenvalue weighted by Gasteiger charge is -1.96. The molecule has 0 radical (unpaired) electrons. The molecule has 0 aliphatic heterocycles. The molecule has 1 amide bonds. The van der Waals surface area contributed by atoms with Crippen LogP contribution in [0.4, 0.5) is 5.95 Å². The second kappa shape index (κ2) is 3.50. The monoisotopic (exact) mass is 191 g/mol. The van der Waals surface area contributed by atoms with E-state index in [9.17, 15) is 4.79 Å². The highest BCUT2D eigenvalue weighted by Crippen LogP contribution is 2.13. The van der Waals surface area contributed by atoms with E-state index in [1.165, 1.54) is 6.07 Å². The lowest BCUT2D eigenvalue weighted by atomic mass is 10.7. The van der Waals surface area contributed by atoms with E-state index in [0.29, 0.717) is 6.41 Å². The van der Waals surface area contributed by atoms with Crippen molar-refractivity contribution in [2.24, 2.45) is 0 Å². The van der Waals surface area contributed by atoms with Crippen LogP contribution in [-0.4, -0.2) is 16.4 Å². The summed E-state index contributed by atoms with van der Waals surface area (Å²) in [6.07, 6.45) is 0.446. The third-order valence-corrected chi connectivity index (χ3v) is 1.24. The van der Waals surface area contributed by atoms with Crippen molar-refractivity contribution < 1.29 is 4.79 Å². The van der Waals surface area contributed by atoms with Crippen LogP contribution in [0, 0.1) is 0 Å². The van der Waals surface area contributed by atoms with Gasteiger partial charge < -0.3 is 0 Å². The number of hydrogen-bond acceptors (Lipinski definition) is 3. The minimum atomic E-state index is 0.0949. The highest BCUT2D eigenvalue weighted by atomic mass is 35.5. The predicted molar refractivity (Wildman–Crippen MR) is 41.7 cm³/mol. The van der Waals surface area contributed by atoms with Gasteiger partial charge in [0.1, 0.15) is 10.3 Å². The highest BCUT2D eigenvalue weighted by molar-refractivity contribution is 6.33. The van der Waals surface area contributed by atoms with E-state index in [-0.39, 0.29) is 16.3 Å². The molecule has 11 heavy (non-hydrogen) atoms. The smallest absolute Gasteiger partial charge is 0.232 e. The van der Waals surface area contributed by atoms with Crippen LogP contribution < -0.4 is 5.32 Å². The number of aromatic nitrogens is 2. The summed E-state index contributed by atoms with van der Waals surface area (Å²) in [5.41, 5.74) is 0. The van der Waals surface area contributed by atoms with E-state index in [1.54, 1.807) is 0 Å². The second-order valence-corrected chi connectivity index (χ2v) is 2.37. The molecule has 58 valence electrons. The van der Waals surface area contributed by atoms with Crippen molar-refractivity contribution >= 4 is 35.6 Å². The van der Waals surface area contributed by atoms with Crippen LogP contribution in [0.15, 0.2) is 6.07 Å². The van der Waals surface area contributed by atoms with Crippen LogP contribution in [0.3, 0.4) is 0 Å². The van der Waals surface area contributed by atoms with Crippen LogP contribution >= 0.6 is 23.2 Å². The van der Waals surface area contributed by atoms with Gasteiger partial charge in [0.15, 0.2) is 0 Å². The second-order valence-electron chi connectivity index (χ2n) is 1.60. The molecular formula is C5H3Cl2N3O. The largest absolute Gasteiger partial charge is 0.297 e. The zero-order valence-electron chi connectivity index (χ0n) is 5.21. The number of amides is 1. The Kier molecular flexibility index (Phi) is 2.62. The van der Waals surface area contributed by atoms with E-state index < -0.39 is 0 Å². The Balaban J connectivity index is 2.98. The fraction of sp³-hybridized carbons (Fsp3) is 0.